The first-order valence-corrected chi connectivity index (χ1v) is 7.91. The molecule has 1 aromatic rings. The molecule has 1 aliphatic carbocycles. The lowest BCUT2D eigenvalue weighted by atomic mass is 10.0. The SMILES string of the molecule is COc1ccccc1NC(=O)CC(C)NCC1(O)CCCC1. The molecular formula is C17H26N2O3. The lowest BCUT2D eigenvalue weighted by molar-refractivity contribution is -0.116. The van der Waals surface area contributed by atoms with Gasteiger partial charge in [0.1, 0.15) is 5.75 Å². The number of para-hydroxylation sites is 2. The van der Waals surface area contributed by atoms with Crippen LogP contribution in [-0.2, 0) is 4.79 Å². The van der Waals surface area contributed by atoms with Gasteiger partial charge >= 0.3 is 0 Å². The molecule has 0 bridgehead atoms. The van der Waals surface area contributed by atoms with Gasteiger partial charge in [0.05, 0.1) is 18.4 Å². The van der Waals surface area contributed by atoms with Crippen molar-refractivity contribution < 1.29 is 14.6 Å². The van der Waals surface area contributed by atoms with Crippen LogP contribution in [0, 0.1) is 0 Å². The Bertz CT molecular complexity index is 498. The Morgan fingerprint density at radius 3 is 2.73 bits per heavy atom. The van der Waals surface area contributed by atoms with Crippen LogP contribution in [0.4, 0.5) is 5.69 Å². The van der Waals surface area contributed by atoms with Crippen molar-refractivity contribution in [1.29, 1.82) is 0 Å². The van der Waals surface area contributed by atoms with Crippen LogP contribution < -0.4 is 15.4 Å². The fourth-order valence-corrected chi connectivity index (χ4v) is 2.87. The number of ether oxygens (including phenoxy) is 1. The summed E-state index contributed by atoms with van der Waals surface area (Å²) in [5, 5.41) is 16.4. The van der Waals surface area contributed by atoms with Gasteiger partial charge < -0.3 is 20.5 Å². The van der Waals surface area contributed by atoms with Crippen LogP contribution in [-0.4, -0.2) is 36.3 Å². The average Bonchev–Trinajstić information content (AvgIpc) is 2.93. The van der Waals surface area contributed by atoms with Crippen LogP contribution in [0.5, 0.6) is 5.75 Å². The number of hydrogen-bond donors (Lipinski definition) is 3. The molecule has 0 aliphatic heterocycles. The monoisotopic (exact) mass is 306 g/mol. The minimum absolute atomic E-state index is 0.0133. The van der Waals surface area contributed by atoms with E-state index in [1.165, 1.54) is 0 Å². The van der Waals surface area contributed by atoms with Gasteiger partial charge in [0.25, 0.3) is 0 Å². The van der Waals surface area contributed by atoms with Crippen molar-refractivity contribution in [2.24, 2.45) is 0 Å². The maximum absolute atomic E-state index is 12.1. The summed E-state index contributed by atoms with van der Waals surface area (Å²) in [5.41, 5.74) is 0.0875. The van der Waals surface area contributed by atoms with Crippen LogP contribution in [0.1, 0.15) is 39.0 Å². The van der Waals surface area contributed by atoms with E-state index in [2.05, 4.69) is 10.6 Å². The third-order valence-corrected chi connectivity index (χ3v) is 4.19. The van der Waals surface area contributed by atoms with E-state index in [4.69, 9.17) is 4.74 Å². The van der Waals surface area contributed by atoms with E-state index >= 15 is 0 Å². The van der Waals surface area contributed by atoms with Crippen molar-refractivity contribution in [3.63, 3.8) is 0 Å². The molecule has 1 aromatic carbocycles. The Balaban J connectivity index is 1.78. The molecule has 1 aliphatic rings. The Kier molecular flexibility index (Phi) is 5.80. The third kappa shape index (κ3) is 4.71. The number of anilines is 1. The van der Waals surface area contributed by atoms with Gasteiger partial charge in [-0.1, -0.05) is 25.0 Å². The fourth-order valence-electron chi connectivity index (χ4n) is 2.87. The highest BCUT2D eigenvalue weighted by molar-refractivity contribution is 5.92. The van der Waals surface area contributed by atoms with Crippen LogP contribution in [0.3, 0.4) is 0 Å². The van der Waals surface area contributed by atoms with Crippen LogP contribution >= 0.6 is 0 Å². The number of rotatable bonds is 7. The van der Waals surface area contributed by atoms with Gasteiger partial charge in [-0.2, -0.15) is 0 Å². The van der Waals surface area contributed by atoms with Crippen molar-refractivity contribution >= 4 is 11.6 Å². The zero-order valence-electron chi connectivity index (χ0n) is 13.4. The summed E-state index contributed by atoms with van der Waals surface area (Å²) in [6.07, 6.45) is 4.22. The second-order valence-electron chi connectivity index (χ2n) is 6.17. The molecule has 5 nitrogen and oxygen atoms in total. The molecule has 22 heavy (non-hydrogen) atoms. The van der Waals surface area contributed by atoms with Gasteiger partial charge in [-0.3, -0.25) is 4.79 Å². The normalized spacial score (nSPS) is 18.0. The highest BCUT2D eigenvalue weighted by Gasteiger charge is 2.31. The fraction of sp³-hybridized carbons (Fsp3) is 0.588. The molecule has 1 atom stereocenters. The average molecular weight is 306 g/mol. The predicted molar refractivity (Wildman–Crippen MR) is 87.1 cm³/mol. The van der Waals surface area contributed by atoms with Crippen molar-refractivity contribution in [3.05, 3.63) is 24.3 Å². The number of nitrogens with one attached hydrogen (secondary N) is 2. The lowest BCUT2D eigenvalue weighted by Gasteiger charge is -2.25. The minimum Gasteiger partial charge on any atom is -0.495 e. The standard InChI is InChI=1S/C17H26N2O3/c1-13(18-12-17(21)9-5-6-10-17)11-16(20)19-14-7-3-4-8-15(14)22-2/h3-4,7-8,13,18,21H,5-6,9-12H2,1-2H3,(H,19,20). The number of aliphatic hydroxyl groups is 1. The molecule has 1 saturated carbocycles. The van der Waals surface area contributed by atoms with E-state index in [0.717, 1.165) is 25.7 Å². The van der Waals surface area contributed by atoms with E-state index in [0.29, 0.717) is 24.4 Å². The van der Waals surface area contributed by atoms with E-state index in [-0.39, 0.29) is 11.9 Å². The van der Waals surface area contributed by atoms with Crippen molar-refractivity contribution in [2.45, 2.75) is 50.7 Å². The second-order valence-corrected chi connectivity index (χ2v) is 6.17. The lowest BCUT2D eigenvalue weighted by Crippen LogP contribution is -2.42. The molecular weight excluding hydrogens is 280 g/mol. The molecule has 0 saturated heterocycles. The zero-order valence-corrected chi connectivity index (χ0v) is 13.4. The van der Waals surface area contributed by atoms with Crippen LogP contribution in [0.15, 0.2) is 24.3 Å². The topological polar surface area (TPSA) is 70.6 Å². The molecule has 122 valence electrons. The number of benzene rings is 1. The Morgan fingerprint density at radius 1 is 1.36 bits per heavy atom. The molecule has 0 heterocycles. The number of hydrogen-bond acceptors (Lipinski definition) is 4. The van der Waals surface area contributed by atoms with Crippen molar-refractivity contribution in [2.75, 3.05) is 19.0 Å². The van der Waals surface area contributed by atoms with E-state index in [1.807, 2.05) is 31.2 Å². The Labute approximate surface area is 132 Å². The third-order valence-electron chi connectivity index (χ3n) is 4.19. The first-order valence-electron chi connectivity index (χ1n) is 7.91. The molecule has 0 aromatic heterocycles. The summed E-state index contributed by atoms with van der Waals surface area (Å²) in [4.78, 5) is 12.1. The minimum atomic E-state index is -0.590. The molecule has 3 N–H and O–H groups in total. The molecule has 5 heteroatoms. The van der Waals surface area contributed by atoms with E-state index < -0.39 is 5.60 Å². The summed E-state index contributed by atoms with van der Waals surface area (Å²) in [6, 6.07) is 7.36. The predicted octanol–water partition coefficient (Wildman–Crippen LogP) is 2.31. The summed E-state index contributed by atoms with van der Waals surface area (Å²) in [7, 11) is 1.58. The van der Waals surface area contributed by atoms with Gasteiger partial charge in [-0.15, -0.1) is 0 Å². The van der Waals surface area contributed by atoms with Gasteiger partial charge in [0.2, 0.25) is 5.91 Å². The molecule has 1 amide bonds. The Hall–Kier alpha value is -1.59. The zero-order chi connectivity index (χ0) is 16.0. The largest absolute Gasteiger partial charge is 0.495 e. The smallest absolute Gasteiger partial charge is 0.226 e. The van der Waals surface area contributed by atoms with E-state index in [9.17, 15) is 9.90 Å². The molecule has 0 spiro atoms. The highest BCUT2D eigenvalue weighted by atomic mass is 16.5. The number of carbonyl (C=O) groups excluding carboxylic acids is 1. The molecule has 1 fully saturated rings. The summed E-state index contributed by atoms with van der Waals surface area (Å²) >= 11 is 0. The van der Waals surface area contributed by atoms with Crippen molar-refractivity contribution in [1.82, 2.24) is 5.32 Å². The molecule has 1 unspecified atom stereocenters. The van der Waals surface area contributed by atoms with Crippen LogP contribution in [0.2, 0.25) is 0 Å². The quantitative estimate of drug-likeness (QED) is 0.723. The summed E-state index contributed by atoms with van der Waals surface area (Å²) in [5.74, 6) is 0.583. The number of carbonyl (C=O) groups is 1. The van der Waals surface area contributed by atoms with Gasteiger partial charge in [-0.05, 0) is 31.9 Å². The number of amides is 1. The Morgan fingerprint density at radius 2 is 2.05 bits per heavy atom. The van der Waals surface area contributed by atoms with Gasteiger partial charge in [-0.25, -0.2) is 0 Å². The molecule has 0 radical (unpaired) electrons. The first kappa shape index (κ1) is 16.8. The summed E-state index contributed by atoms with van der Waals surface area (Å²) < 4.78 is 5.22. The molecule has 2 rings (SSSR count). The summed E-state index contributed by atoms with van der Waals surface area (Å²) in [6.45, 7) is 2.51. The van der Waals surface area contributed by atoms with Gasteiger partial charge in [0, 0.05) is 19.0 Å². The second kappa shape index (κ2) is 7.61. The highest BCUT2D eigenvalue weighted by Crippen LogP contribution is 2.28. The van der Waals surface area contributed by atoms with Crippen LogP contribution in [0.25, 0.3) is 0 Å². The van der Waals surface area contributed by atoms with E-state index in [1.54, 1.807) is 7.11 Å². The maximum Gasteiger partial charge on any atom is 0.226 e. The first-order chi connectivity index (χ1) is 10.5. The van der Waals surface area contributed by atoms with Gasteiger partial charge in [0.15, 0.2) is 0 Å². The number of methoxy groups -OCH3 is 1. The van der Waals surface area contributed by atoms with Crippen molar-refractivity contribution in [3.8, 4) is 5.75 Å². The maximum atomic E-state index is 12.1.